The summed E-state index contributed by atoms with van der Waals surface area (Å²) in [5, 5.41) is 22.1. The molecule has 0 fully saturated rings. The smallest absolute Gasteiger partial charge is 0.337 e. The number of ether oxygens (including phenoxy) is 1. The van der Waals surface area contributed by atoms with Crippen LogP contribution in [0.5, 0.6) is 0 Å². The molecule has 0 amide bonds. The Kier molecular flexibility index (Phi) is 6.46. The van der Waals surface area contributed by atoms with E-state index < -0.39 is 0 Å². The van der Waals surface area contributed by atoms with Crippen molar-refractivity contribution in [2.24, 2.45) is 0 Å². The van der Waals surface area contributed by atoms with E-state index in [4.69, 9.17) is 16.6 Å². The molecule has 2 aromatic carbocycles. The number of esters is 1. The lowest BCUT2D eigenvalue weighted by Gasteiger charge is -2.00. The number of aromatic nitrogens is 4. The molecule has 0 bridgehead atoms. The van der Waals surface area contributed by atoms with Gasteiger partial charge in [-0.3, -0.25) is 10.2 Å². The lowest BCUT2D eigenvalue weighted by molar-refractivity contribution is 0.0600. The van der Waals surface area contributed by atoms with Crippen LogP contribution < -0.4 is 11.5 Å². The Morgan fingerprint density at radius 1 is 0.900 bits per heavy atom. The average Bonchev–Trinajstić information content (AvgIpc) is 3.42. The van der Waals surface area contributed by atoms with Crippen molar-refractivity contribution in [3.63, 3.8) is 0 Å². The summed E-state index contributed by atoms with van der Waals surface area (Å²) < 4.78 is 4.61. The second-order valence-electron chi connectivity index (χ2n) is 6.34. The van der Waals surface area contributed by atoms with E-state index in [0.29, 0.717) is 17.2 Å². The van der Waals surface area contributed by atoms with Crippen molar-refractivity contribution < 1.29 is 14.6 Å². The number of rotatable bonds is 4. The fraction of sp³-hybridized carbons (Fsp3) is 0.0952. The maximum atomic E-state index is 11.2. The fourth-order valence-corrected chi connectivity index (χ4v) is 2.66. The molecule has 9 heteroatoms. The van der Waals surface area contributed by atoms with Gasteiger partial charge in [0.1, 0.15) is 11.6 Å². The van der Waals surface area contributed by atoms with Gasteiger partial charge < -0.3 is 21.3 Å². The van der Waals surface area contributed by atoms with Gasteiger partial charge in [-0.05, 0) is 28.8 Å². The van der Waals surface area contributed by atoms with Crippen molar-refractivity contribution in [3.8, 4) is 22.5 Å². The van der Waals surface area contributed by atoms with Gasteiger partial charge in [0.2, 0.25) is 0 Å². The molecule has 30 heavy (non-hydrogen) atoms. The fourth-order valence-electron chi connectivity index (χ4n) is 2.66. The first kappa shape index (κ1) is 20.6. The van der Waals surface area contributed by atoms with Gasteiger partial charge in [0, 0.05) is 12.1 Å². The number of nitrogens with zero attached hydrogens (tertiary/aromatic N) is 2. The largest absolute Gasteiger partial charge is 0.465 e. The Morgan fingerprint density at radius 3 is 1.73 bits per heavy atom. The Labute approximate surface area is 172 Å². The van der Waals surface area contributed by atoms with Crippen LogP contribution in [0.25, 0.3) is 22.5 Å². The standard InChI is InChI=1S/C11H11N3O2.C10H11N3O/c1-16-11(15)8-4-2-7(3-5-8)9-6-10(12)14-13-9;11-10-5-9(12-13-10)8-3-1-7(6-14)2-4-8/h2-6H,1H3,(H3,12,13,14);1-5,14H,6H2,(H3,11,12,13). The van der Waals surface area contributed by atoms with Crippen LogP contribution in [0.4, 0.5) is 11.6 Å². The zero-order chi connectivity index (χ0) is 21.5. The number of H-pyrrole nitrogens is 2. The minimum Gasteiger partial charge on any atom is -0.465 e. The van der Waals surface area contributed by atoms with Crippen LogP contribution in [-0.2, 0) is 11.3 Å². The molecule has 4 rings (SSSR count). The van der Waals surface area contributed by atoms with Gasteiger partial charge in [0.05, 0.1) is 30.7 Å². The van der Waals surface area contributed by atoms with Gasteiger partial charge in [-0.15, -0.1) is 0 Å². The predicted molar refractivity (Wildman–Crippen MR) is 114 cm³/mol. The topological polar surface area (TPSA) is 156 Å². The number of nitrogens with two attached hydrogens (primary N) is 2. The second kappa shape index (κ2) is 9.39. The van der Waals surface area contributed by atoms with E-state index in [9.17, 15) is 4.79 Å². The van der Waals surface area contributed by atoms with Crippen LogP contribution in [0.15, 0.2) is 60.7 Å². The van der Waals surface area contributed by atoms with Crippen molar-refractivity contribution in [1.29, 1.82) is 0 Å². The number of aromatic amines is 2. The summed E-state index contributed by atoms with van der Waals surface area (Å²) in [6.07, 6.45) is 0. The average molecular weight is 406 g/mol. The highest BCUT2D eigenvalue weighted by molar-refractivity contribution is 5.89. The molecule has 0 aliphatic rings. The molecule has 0 atom stereocenters. The van der Waals surface area contributed by atoms with Crippen LogP contribution in [0.1, 0.15) is 15.9 Å². The van der Waals surface area contributed by atoms with E-state index in [1.807, 2.05) is 24.3 Å². The summed E-state index contributed by atoms with van der Waals surface area (Å²) in [6, 6.07) is 18.1. The molecule has 0 radical (unpaired) electrons. The highest BCUT2D eigenvalue weighted by atomic mass is 16.5. The summed E-state index contributed by atoms with van der Waals surface area (Å²) in [5.74, 6) is 0.564. The Hall–Kier alpha value is -4.11. The maximum Gasteiger partial charge on any atom is 0.337 e. The summed E-state index contributed by atoms with van der Waals surface area (Å²) in [7, 11) is 1.35. The lowest BCUT2D eigenvalue weighted by Crippen LogP contribution is -2.00. The first-order chi connectivity index (χ1) is 14.5. The molecule has 0 aliphatic carbocycles. The van der Waals surface area contributed by atoms with Crippen LogP contribution in [-0.4, -0.2) is 38.6 Å². The first-order valence-electron chi connectivity index (χ1n) is 9.01. The van der Waals surface area contributed by atoms with E-state index in [2.05, 4.69) is 25.1 Å². The molecular weight excluding hydrogens is 384 g/mol. The molecule has 0 saturated carbocycles. The molecule has 154 valence electrons. The molecule has 2 aromatic heterocycles. The molecule has 4 aromatic rings. The van der Waals surface area contributed by atoms with Crippen molar-refractivity contribution in [1.82, 2.24) is 20.4 Å². The number of carbonyl (C=O) groups excluding carboxylic acids is 1. The van der Waals surface area contributed by atoms with Gasteiger partial charge in [0.25, 0.3) is 0 Å². The molecular formula is C21H22N6O3. The summed E-state index contributed by atoms with van der Waals surface area (Å²) in [5.41, 5.74) is 16.0. The third-order valence-electron chi connectivity index (χ3n) is 4.26. The number of nitrogen functional groups attached to an aromatic ring is 2. The third kappa shape index (κ3) is 5.03. The normalized spacial score (nSPS) is 10.2. The molecule has 2 heterocycles. The maximum absolute atomic E-state index is 11.2. The number of hydrogen-bond donors (Lipinski definition) is 5. The number of carbonyl (C=O) groups is 1. The highest BCUT2D eigenvalue weighted by Gasteiger charge is 2.06. The molecule has 9 nitrogen and oxygen atoms in total. The Balaban J connectivity index is 0.000000172. The lowest BCUT2D eigenvalue weighted by atomic mass is 10.1. The van der Waals surface area contributed by atoms with Gasteiger partial charge >= 0.3 is 5.97 Å². The van der Waals surface area contributed by atoms with Crippen LogP contribution in [0, 0.1) is 0 Å². The van der Waals surface area contributed by atoms with Gasteiger partial charge in [-0.25, -0.2) is 4.79 Å². The van der Waals surface area contributed by atoms with Crippen molar-refractivity contribution in [2.45, 2.75) is 6.61 Å². The SMILES string of the molecule is COC(=O)c1ccc(-c2cc(N)n[nH]2)cc1.Nc1cc(-c2ccc(CO)cc2)[nH]n1. The zero-order valence-electron chi connectivity index (χ0n) is 16.3. The van der Waals surface area contributed by atoms with Crippen LogP contribution in [0.3, 0.4) is 0 Å². The second-order valence-corrected chi connectivity index (χ2v) is 6.34. The van der Waals surface area contributed by atoms with Gasteiger partial charge in [0.15, 0.2) is 0 Å². The van der Waals surface area contributed by atoms with E-state index in [1.54, 1.807) is 36.4 Å². The molecule has 0 aliphatic heterocycles. The van der Waals surface area contributed by atoms with E-state index in [1.165, 1.54) is 7.11 Å². The summed E-state index contributed by atoms with van der Waals surface area (Å²) in [4.78, 5) is 11.2. The number of nitrogens with one attached hydrogen (secondary N) is 2. The monoisotopic (exact) mass is 406 g/mol. The van der Waals surface area contributed by atoms with Crippen molar-refractivity contribution >= 4 is 17.6 Å². The third-order valence-corrected chi connectivity index (χ3v) is 4.26. The Morgan fingerprint density at radius 2 is 1.37 bits per heavy atom. The number of aliphatic hydroxyl groups is 1. The van der Waals surface area contributed by atoms with E-state index in [0.717, 1.165) is 28.1 Å². The van der Waals surface area contributed by atoms with Gasteiger partial charge in [-0.1, -0.05) is 36.4 Å². The van der Waals surface area contributed by atoms with Crippen LogP contribution in [0.2, 0.25) is 0 Å². The number of hydrogen-bond acceptors (Lipinski definition) is 7. The van der Waals surface area contributed by atoms with E-state index >= 15 is 0 Å². The molecule has 7 N–H and O–H groups in total. The van der Waals surface area contributed by atoms with Crippen molar-refractivity contribution in [2.75, 3.05) is 18.6 Å². The minimum atomic E-state index is -0.351. The van der Waals surface area contributed by atoms with Crippen molar-refractivity contribution in [3.05, 3.63) is 71.8 Å². The number of methoxy groups -OCH3 is 1. The molecule has 0 unspecified atom stereocenters. The highest BCUT2D eigenvalue weighted by Crippen LogP contribution is 2.20. The quantitative estimate of drug-likeness (QED) is 0.326. The summed E-state index contributed by atoms with van der Waals surface area (Å²) >= 11 is 0. The minimum absolute atomic E-state index is 0.0609. The van der Waals surface area contributed by atoms with Crippen LogP contribution >= 0.6 is 0 Å². The predicted octanol–water partition coefficient (Wildman–Crippen LogP) is 2.60. The first-order valence-corrected chi connectivity index (χ1v) is 9.01. The number of aliphatic hydroxyl groups excluding tert-OH is 1. The molecule has 0 spiro atoms. The van der Waals surface area contributed by atoms with E-state index in [-0.39, 0.29) is 12.6 Å². The zero-order valence-corrected chi connectivity index (χ0v) is 16.3. The van der Waals surface area contributed by atoms with Gasteiger partial charge in [-0.2, -0.15) is 10.2 Å². The summed E-state index contributed by atoms with van der Waals surface area (Å²) in [6.45, 7) is 0.0609. The number of benzene rings is 2. The number of anilines is 2. The Bertz CT molecular complexity index is 1100. The molecule has 0 saturated heterocycles.